The van der Waals surface area contributed by atoms with Gasteiger partial charge in [-0.2, -0.15) is 4.31 Å². The first-order valence-corrected chi connectivity index (χ1v) is 9.36. The molecule has 3 rings (SSSR count). The average molecular weight is 342 g/mol. The van der Waals surface area contributed by atoms with E-state index >= 15 is 0 Å². The SMILES string of the molecule is COC(=O)c1ccc(S(=O)(=O)N2CCC(NCC3CC3)CC2)o1. The molecule has 0 unspecified atom stereocenters. The maximum atomic E-state index is 12.6. The number of furan rings is 1. The van der Waals surface area contributed by atoms with Gasteiger partial charge < -0.3 is 14.5 Å². The molecule has 0 radical (unpaired) electrons. The molecule has 0 amide bonds. The first-order valence-electron chi connectivity index (χ1n) is 7.92. The Kier molecular flexibility index (Phi) is 4.74. The second kappa shape index (κ2) is 6.62. The number of esters is 1. The molecule has 8 heteroatoms. The maximum Gasteiger partial charge on any atom is 0.374 e. The number of sulfonamides is 1. The van der Waals surface area contributed by atoms with Crippen molar-refractivity contribution in [2.24, 2.45) is 5.92 Å². The Balaban J connectivity index is 1.59. The van der Waals surface area contributed by atoms with E-state index in [-0.39, 0.29) is 10.9 Å². The molecule has 1 saturated heterocycles. The number of ether oxygens (including phenoxy) is 1. The topological polar surface area (TPSA) is 88.9 Å². The number of carbonyl (C=O) groups is 1. The molecular formula is C15H22N2O5S. The molecule has 2 aliphatic rings. The van der Waals surface area contributed by atoms with Crippen molar-refractivity contribution >= 4 is 16.0 Å². The van der Waals surface area contributed by atoms with Gasteiger partial charge in [0.2, 0.25) is 10.9 Å². The molecule has 128 valence electrons. The third-order valence-corrected chi connectivity index (χ3v) is 6.18. The van der Waals surface area contributed by atoms with E-state index in [0.29, 0.717) is 19.1 Å². The normalized spacial score (nSPS) is 20.6. The fraction of sp³-hybridized carbons (Fsp3) is 0.667. The van der Waals surface area contributed by atoms with E-state index in [0.717, 1.165) is 25.3 Å². The molecule has 1 aromatic rings. The number of nitrogens with one attached hydrogen (secondary N) is 1. The third-order valence-electron chi connectivity index (χ3n) is 4.41. The van der Waals surface area contributed by atoms with Crippen LogP contribution in [0.4, 0.5) is 0 Å². The molecule has 1 saturated carbocycles. The summed E-state index contributed by atoms with van der Waals surface area (Å²) in [5.41, 5.74) is 0. The smallest absolute Gasteiger partial charge is 0.374 e. The van der Waals surface area contributed by atoms with Crippen LogP contribution in [0.25, 0.3) is 0 Å². The van der Waals surface area contributed by atoms with Crippen molar-refractivity contribution in [3.8, 4) is 0 Å². The lowest BCUT2D eigenvalue weighted by Gasteiger charge is -2.31. The van der Waals surface area contributed by atoms with E-state index in [1.807, 2.05) is 0 Å². The summed E-state index contributed by atoms with van der Waals surface area (Å²) < 4.78 is 36.2. The average Bonchev–Trinajstić information content (AvgIpc) is 3.25. The molecule has 23 heavy (non-hydrogen) atoms. The van der Waals surface area contributed by atoms with Crippen LogP contribution in [0.1, 0.15) is 36.2 Å². The van der Waals surface area contributed by atoms with Gasteiger partial charge in [-0.25, -0.2) is 13.2 Å². The van der Waals surface area contributed by atoms with Crippen LogP contribution in [-0.2, 0) is 14.8 Å². The summed E-state index contributed by atoms with van der Waals surface area (Å²) in [6, 6.07) is 3.01. The van der Waals surface area contributed by atoms with Crippen molar-refractivity contribution in [3.05, 3.63) is 17.9 Å². The molecule has 1 aliphatic heterocycles. The summed E-state index contributed by atoms with van der Waals surface area (Å²) in [7, 11) is -2.47. The summed E-state index contributed by atoms with van der Waals surface area (Å²) in [5.74, 6) is 0.0260. The zero-order chi connectivity index (χ0) is 16.4. The monoisotopic (exact) mass is 342 g/mol. The van der Waals surface area contributed by atoms with Crippen LogP contribution >= 0.6 is 0 Å². The Morgan fingerprint density at radius 2 is 2.00 bits per heavy atom. The molecule has 0 atom stereocenters. The first-order chi connectivity index (χ1) is 11.0. The molecule has 0 aromatic carbocycles. The quantitative estimate of drug-likeness (QED) is 0.782. The molecule has 0 bridgehead atoms. The highest BCUT2D eigenvalue weighted by Gasteiger charge is 2.32. The minimum atomic E-state index is -3.69. The standard InChI is InChI=1S/C15H22N2O5S/c1-21-15(18)13-4-5-14(22-13)23(19,20)17-8-6-12(7-9-17)16-10-11-2-3-11/h4-5,11-12,16H,2-3,6-10H2,1H3. The number of hydrogen-bond donors (Lipinski definition) is 1. The second-order valence-electron chi connectivity index (χ2n) is 6.14. The van der Waals surface area contributed by atoms with Gasteiger partial charge in [-0.05, 0) is 50.3 Å². The van der Waals surface area contributed by atoms with Crippen LogP contribution in [0.5, 0.6) is 0 Å². The Morgan fingerprint density at radius 1 is 1.30 bits per heavy atom. The predicted molar refractivity (Wildman–Crippen MR) is 82.6 cm³/mol. The van der Waals surface area contributed by atoms with E-state index in [9.17, 15) is 13.2 Å². The maximum absolute atomic E-state index is 12.6. The van der Waals surface area contributed by atoms with E-state index in [2.05, 4.69) is 10.1 Å². The number of carbonyl (C=O) groups excluding carboxylic acids is 1. The number of methoxy groups -OCH3 is 1. The van der Waals surface area contributed by atoms with Crippen LogP contribution < -0.4 is 5.32 Å². The van der Waals surface area contributed by atoms with Gasteiger partial charge in [0.1, 0.15) is 0 Å². The summed E-state index contributed by atoms with van der Waals surface area (Å²) in [5, 5.41) is 3.31. The largest absolute Gasteiger partial charge is 0.463 e. The molecular weight excluding hydrogens is 320 g/mol. The molecule has 1 aromatic heterocycles. The van der Waals surface area contributed by atoms with Gasteiger partial charge >= 0.3 is 5.97 Å². The highest BCUT2D eigenvalue weighted by Crippen LogP contribution is 2.28. The Hall–Kier alpha value is -1.38. The third kappa shape index (κ3) is 3.76. The van der Waals surface area contributed by atoms with Gasteiger partial charge in [-0.1, -0.05) is 0 Å². The Morgan fingerprint density at radius 3 is 2.61 bits per heavy atom. The lowest BCUT2D eigenvalue weighted by Crippen LogP contribution is -2.45. The minimum Gasteiger partial charge on any atom is -0.463 e. The summed E-state index contributed by atoms with van der Waals surface area (Å²) >= 11 is 0. The van der Waals surface area contributed by atoms with Crippen molar-refractivity contribution in [2.45, 2.75) is 36.8 Å². The lowest BCUT2D eigenvalue weighted by molar-refractivity contribution is 0.0558. The fourth-order valence-electron chi connectivity index (χ4n) is 2.75. The number of nitrogens with zero attached hydrogens (tertiary/aromatic N) is 1. The Bertz CT molecular complexity index is 657. The summed E-state index contributed by atoms with van der Waals surface area (Å²) in [4.78, 5) is 11.4. The number of piperidine rings is 1. The molecule has 7 nitrogen and oxygen atoms in total. The number of hydrogen-bond acceptors (Lipinski definition) is 6. The van der Waals surface area contributed by atoms with E-state index in [4.69, 9.17) is 4.42 Å². The minimum absolute atomic E-state index is 0.105. The highest BCUT2D eigenvalue weighted by atomic mass is 32.2. The molecule has 1 aliphatic carbocycles. The van der Waals surface area contributed by atoms with Crippen molar-refractivity contribution in [1.29, 1.82) is 0 Å². The van der Waals surface area contributed by atoms with Gasteiger partial charge in [-0.3, -0.25) is 0 Å². The first kappa shape index (κ1) is 16.5. The van der Waals surface area contributed by atoms with E-state index < -0.39 is 16.0 Å². The molecule has 1 N–H and O–H groups in total. The van der Waals surface area contributed by atoms with Gasteiger partial charge in [0.25, 0.3) is 10.0 Å². The second-order valence-corrected chi connectivity index (χ2v) is 8.01. The predicted octanol–water partition coefficient (Wildman–Crippen LogP) is 1.22. The van der Waals surface area contributed by atoms with Crippen LogP contribution in [0, 0.1) is 5.92 Å². The fourth-order valence-corrected chi connectivity index (χ4v) is 4.13. The highest BCUT2D eigenvalue weighted by molar-refractivity contribution is 7.89. The van der Waals surface area contributed by atoms with Crippen molar-refractivity contribution in [3.63, 3.8) is 0 Å². The van der Waals surface area contributed by atoms with E-state index in [1.54, 1.807) is 0 Å². The van der Waals surface area contributed by atoms with Crippen LogP contribution in [0.15, 0.2) is 21.6 Å². The molecule has 2 fully saturated rings. The lowest BCUT2D eigenvalue weighted by atomic mass is 10.1. The van der Waals surface area contributed by atoms with Crippen LogP contribution in [-0.4, -0.2) is 51.5 Å². The van der Waals surface area contributed by atoms with Crippen molar-refractivity contribution in [2.75, 3.05) is 26.7 Å². The summed E-state index contributed by atoms with van der Waals surface area (Å²) in [6.45, 7) is 1.95. The number of rotatable bonds is 6. The Labute approximate surface area is 136 Å². The van der Waals surface area contributed by atoms with Crippen molar-refractivity contribution < 1.29 is 22.4 Å². The van der Waals surface area contributed by atoms with Gasteiger partial charge in [-0.15, -0.1) is 0 Å². The van der Waals surface area contributed by atoms with Crippen molar-refractivity contribution in [1.82, 2.24) is 9.62 Å². The van der Waals surface area contributed by atoms with Gasteiger partial charge in [0.15, 0.2) is 0 Å². The molecule has 2 heterocycles. The molecule has 0 spiro atoms. The zero-order valence-electron chi connectivity index (χ0n) is 13.2. The zero-order valence-corrected chi connectivity index (χ0v) is 14.0. The van der Waals surface area contributed by atoms with Gasteiger partial charge in [0, 0.05) is 19.1 Å². The van der Waals surface area contributed by atoms with Crippen LogP contribution in [0.3, 0.4) is 0 Å². The van der Waals surface area contributed by atoms with Crippen LogP contribution in [0.2, 0.25) is 0 Å². The van der Waals surface area contributed by atoms with Gasteiger partial charge in [0.05, 0.1) is 7.11 Å². The summed E-state index contributed by atoms with van der Waals surface area (Å²) in [6.07, 6.45) is 4.19. The van der Waals surface area contributed by atoms with E-state index in [1.165, 1.54) is 36.4 Å².